The molecule has 2 aromatic carbocycles. The molecule has 0 aliphatic rings. The fourth-order valence-corrected chi connectivity index (χ4v) is 2.71. The van der Waals surface area contributed by atoms with Crippen LogP contribution in [0, 0.1) is 0 Å². The molecule has 0 bridgehead atoms. The van der Waals surface area contributed by atoms with E-state index in [0.29, 0.717) is 41.7 Å². The maximum atomic E-state index is 12.5. The van der Waals surface area contributed by atoms with Gasteiger partial charge < -0.3 is 23.9 Å². The summed E-state index contributed by atoms with van der Waals surface area (Å²) in [6.45, 7) is 3.00. The van der Waals surface area contributed by atoms with Crippen molar-refractivity contribution in [1.29, 1.82) is 0 Å². The predicted molar refractivity (Wildman–Crippen MR) is 105 cm³/mol. The van der Waals surface area contributed by atoms with Crippen LogP contribution in [0.25, 0.3) is 0 Å². The number of methoxy groups -OCH3 is 1. The lowest BCUT2D eigenvalue weighted by atomic mass is 10.1. The van der Waals surface area contributed by atoms with Crippen molar-refractivity contribution < 1.29 is 23.4 Å². The number of hydrogen-bond acceptors (Lipinski definition) is 5. The highest BCUT2D eigenvalue weighted by Crippen LogP contribution is 2.28. The number of ether oxygens (including phenoxy) is 3. The smallest absolute Gasteiger partial charge is 0.251 e. The minimum Gasteiger partial charge on any atom is -0.493 e. The van der Waals surface area contributed by atoms with Crippen molar-refractivity contribution in [2.45, 2.75) is 20.1 Å². The summed E-state index contributed by atoms with van der Waals surface area (Å²) >= 11 is 0. The van der Waals surface area contributed by atoms with Crippen LogP contribution in [0.3, 0.4) is 0 Å². The van der Waals surface area contributed by atoms with Gasteiger partial charge in [-0.3, -0.25) is 4.79 Å². The van der Waals surface area contributed by atoms with Crippen LogP contribution in [-0.4, -0.2) is 19.6 Å². The van der Waals surface area contributed by atoms with Crippen molar-refractivity contribution in [3.63, 3.8) is 0 Å². The lowest BCUT2D eigenvalue weighted by Crippen LogP contribution is -2.22. The number of amides is 1. The average molecular weight is 381 g/mol. The summed E-state index contributed by atoms with van der Waals surface area (Å²) in [4.78, 5) is 12.5. The zero-order valence-electron chi connectivity index (χ0n) is 15.9. The van der Waals surface area contributed by atoms with Gasteiger partial charge in [0.05, 0.1) is 26.5 Å². The van der Waals surface area contributed by atoms with Crippen molar-refractivity contribution in [3.8, 4) is 17.2 Å². The summed E-state index contributed by atoms with van der Waals surface area (Å²) in [5.74, 6) is 2.45. The molecule has 146 valence electrons. The second-order valence-corrected chi connectivity index (χ2v) is 5.96. The van der Waals surface area contributed by atoms with Gasteiger partial charge in [0.15, 0.2) is 11.5 Å². The molecule has 0 saturated carbocycles. The van der Waals surface area contributed by atoms with E-state index in [0.717, 1.165) is 5.56 Å². The van der Waals surface area contributed by atoms with Gasteiger partial charge in [0, 0.05) is 11.1 Å². The summed E-state index contributed by atoms with van der Waals surface area (Å²) in [6.07, 6.45) is 1.58. The Morgan fingerprint density at radius 1 is 1.00 bits per heavy atom. The Bertz CT molecular complexity index is 905. The first-order chi connectivity index (χ1) is 13.7. The zero-order valence-corrected chi connectivity index (χ0v) is 15.9. The number of furan rings is 1. The standard InChI is InChI=1S/C22H23NO5/c1-3-26-19-11-10-16(22(24)23-14-18-7-6-12-27-18)13-17(19)15-28-21-9-5-4-8-20(21)25-2/h4-13H,3,14-15H2,1-2H3,(H,23,24). The van der Waals surface area contributed by atoms with E-state index in [1.165, 1.54) is 0 Å². The first-order valence-corrected chi connectivity index (χ1v) is 9.03. The van der Waals surface area contributed by atoms with Gasteiger partial charge >= 0.3 is 0 Å². The lowest BCUT2D eigenvalue weighted by molar-refractivity contribution is 0.0948. The highest BCUT2D eigenvalue weighted by atomic mass is 16.5. The van der Waals surface area contributed by atoms with Crippen LogP contribution in [0.2, 0.25) is 0 Å². The van der Waals surface area contributed by atoms with Gasteiger partial charge in [-0.1, -0.05) is 12.1 Å². The van der Waals surface area contributed by atoms with Gasteiger partial charge in [-0.15, -0.1) is 0 Å². The molecule has 0 atom stereocenters. The Hall–Kier alpha value is -3.41. The molecule has 6 nitrogen and oxygen atoms in total. The SMILES string of the molecule is CCOc1ccc(C(=O)NCc2ccco2)cc1COc1ccccc1OC. The number of hydrogen-bond donors (Lipinski definition) is 1. The summed E-state index contributed by atoms with van der Waals surface area (Å²) in [7, 11) is 1.60. The lowest BCUT2D eigenvalue weighted by Gasteiger charge is -2.14. The van der Waals surface area contributed by atoms with Crippen LogP contribution in [0.5, 0.6) is 17.2 Å². The molecular formula is C22H23NO5. The molecule has 0 unspecified atom stereocenters. The summed E-state index contributed by atoms with van der Waals surface area (Å²) in [5, 5.41) is 2.84. The number of carbonyl (C=O) groups is 1. The van der Waals surface area contributed by atoms with E-state index < -0.39 is 0 Å². The van der Waals surface area contributed by atoms with Crippen molar-refractivity contribution in [2.24, 2.45) is 0 Å². The van der Waals surface area contributed by atoms with E-state index in [1.54, 1.807) is 37.6 Å². The van der Waals surface area contributed by atoms with Gasteiger partial charge in [-0.25, -0.2) is 0 Å². The predicted octanol–water partition coefficient (Wildman–Crippen LogP) is 4.20. The zero-order chi connectivity index (χ0) is 19.8. The van der Waals surface area contributed by atoms with Crippen LogP contribution >= 0.6 is 0 Å². The highest BCUT2D eigenvalue weighted by molar-refractivity contribution is 5.94. The van der Waals surface area contributed by atoms with Crippen molar-refractivity contribution in [2.75, 3.05) is 13.7 Å². The second kappa shape index (κ2) is 9.50. The number of para-hydroxylation sites is 2. The molecule has 3 aromatic rings. The van der Waals surface area contributed by atoms with Crippen LogP contribution in [-0.2, 0) is 13.2 Å². The Morgan fingerprint density at radius 2 is 1.82 bits per heavy atom. The van der Waals surface area contributed by atoms with E-state index in [9.17, 15) is 4.79 Å². The van der Waals surface area contributed by atoms with Gasteiger partial charge in [0.1, 0.15) is 18.1 Å². The molecule has 3 rings (SSSR count). The van der Waals surface area contributed by atoms with Crippen LogP contribution < -0.4 is 19.5 Å². The van der Waals surface area contributed by atoms with Crippen LogP contribution in [0.1, 0.15) is 28.6 Å². The number of rotatable bonds is 9. The largest absolute Gasteiger partial charge is 0.493 e. The molecular weight excluding hydrogens is 358 g/mol. The molecule has 1 amide bonds. The first-order valence-electron chi connectivity index (χ1n) is 9.03. The number of carbonyl (C=O) groups excluding carboxylic acids is 1. The maximum Gasteiger partial charge on any atom is 0.251 e. The Balaban J connectivity index is 1.74. The van der Waals surface area contributed by atoms with E-state index in [-0.39, 0.29) is 12.5 Å². The van der Waals surface area contributed by atoms with Crippen LogP contribution in [0.15, 0.2) is 65.3 Å². The normalized spacial score (nSPS) is 10.4. The van der Waals surface area contributed by atoms with Gasteiger partial charge in [0.2, 0.25) is 0 Å². The third-order valence-corrected chi connectivity index (χ3v) is 4.08. The maximum absolute atomic E-state index is 12.5. The molecule has 0 aliphatic carbocycles. The quantitative estimate of drug-likeness (QED) is 0.602. The minimum atomic E-state index is -0.196. The Labute approximate surface area is 164 Å². The molecule has 0 spiro atoms. The highest BCUT2D eigenvalue weighted by Gasteiger charge is 2.13. The Kier molecular flexibility index (Phi) is 6.57. The second-order valence-electron chi connectivity index (χ2n) is 5.96. The molecule has 0 aliphatic heterocycles. The Morgan fingerprint density at radius 3 is 2.54 bits per heavy atom. The summed E-state index contributed by atoms with van der Waals surface area (Å²) in [6, 6.07) is 16.3. The number of nitrogens with one attached hydrogen (secondary N) is 1. The molecule has 1 heterocycles. The molecule has 1 aromatic heterocycles. The fourth-order valence-electron chi connectivity index (χ4n) is 2.71. The topological polar surface area (TPSA) is 69.9 Å². The van der Waals surface area contributed by atoms with E-state index in [1.807, 2.05) is 37.3 Å². The number of benzene rings is 2. The van der Waals surface area contributed by atoms with Crippen molar-refractivity contribution in [1.82, 2.24) is 5.32 Å². The van der Waals surface area contributed by atoms with E-state index >= 15 is 0 Å². The molecule has 6 heteroatoms. The monoisotopic (exact) mass is 381 g/mol. The summed E-state index contributed by atoms with van der Waals surface area (Å²) < 4.78 is 22.1. The molecule has 1 N–H and O–H groups in total. The average Bonchev–Trinajstić information content (AvgIpc) is 3.25. The van der Waals surface area contributed by atoms with Crippen molar-refractivity contribution >= 4 is 5.91 Å². The van der Waals surface area contributed by atoms with Crippen LogP contribution in [0.4, 0.5) is 0 Å². The molecule has 0 radical (unpaired) electrons. The van der Waals surface area contributed by atoms with Gasteiger partial charge in [-0.05, 0) is 49.4 Å². The van der Waals surface area contributed by atoms with Crippen molar-refractivity contribution in [3.05, 3.63) is 77.7 Å². The third kappa shape index (κ3) is 4.85. The molecule has 0 saturated heterocycles. The van der Waals surface area contributed by atoms with Gasteiger partial charge in [-0.2, -0.15) is 0 Å². The third-order valence-electron chi connectivity index (χ3n) is 4.08. The molecule has 0 fully saturated rings. The van der Waals surface area contributed by atoms with E-state index in [4.69, 9.17) is 18.6 Å². The van der Waals surface area contributed by atoms with Gasteiger partial charge in [0.25, 0.3) is 5.91 Å². The van der Waals surface area contributed by atoms with E-state index in [2.05, 4.69) is 5.32 Å². The minimum absolute atomic E-state index is 0.196. The fraction of sp³-hybridized carbons (Fsp3) is 0.227. The molecule has 28 heavy (non-hydrogen) atoms. The first kappa shape index (κ1) is 19.4. The summed E-state index contributed by atoms with van der Waals surface area (Å²) in [5.41, 5.74) is 1.30.